The highest BCUT2D eigenvalue weighted by molar-refractivity contribution is 5.91. The molecular weight excluding hydrogens is 244 g/mol. The van der Waals surface area contributed by atoms with Gasteiger partial charge in [0.25, 0.3) is 0 Å². The zero-order chi connectivity index (χ0) is 14.6. The van der Waals surface area contributed by atoms with Crippen molar-refractivity contribution in [1.82, 2.24) is 4.98 Å². The summed E-state index contributed by atoms with van der Waals surface area (Å²) >= 11 is 0. The number of aliphatic imine (C=N–C) groups is 1. The van der Waals surface area contributed by atoms with E-state index in [0.717, 1.165) is 23.4 Å². The third-order valence-electron chi connectivity index (χ3n) is 3.29. The van der Waals surface area contributed by atoms with E-state index in [0.29, 0.717) is 0 Å². The number of pyridine rings is 1. The Morgan fingerprint density at radius 1 is 1.05 bits per heavy atom. The molecule has 0 saturated carbocycles. The molecule has 2 rings (SSSR count). The zero-order valence-electron chi connectivity index (χ0n) is 12.7. The summed E-state index contributed by atoms with van der Waals surface area (Å²) in [4.78, 5) is 9.14. The van der Waals surface area contributed by atoms with Crippen molar-refractivity contribution in [3.05, 3.63) is 48.7 Å². The van der Waals surface area contributed by atoms with Gasteiger partial charge in [0.05, 0.1) is 11.4 Å². The average Bonchev–Trinajstić information content (AvgIpc) is 2.45. The normalized spacial score (nSPS) is 12.5. The lowest BCUT2D eigenvalue weighted by Crippen LogP contribution is -2.18. The van der Waals surface area contributed by atoms with Gasteiger partial charge in [0.15, 0.2) is 0 Å². The largest absolute Gasteiger partial charge is 0.257 e. The maximum Gasteiger partial charge on any atom is 0.0701 e. The summed E-state index contributed by atoms with van der Waals surface area (Å²) in [5.74, 6) is 0. The van der Waals surface area contributed by atoms with E-state index in [-0.39, 0.29) is 5.41 Å². The Morgan fingerprint density at radius 2 is 1.75 bits per heavy atom. The van der Waals surface area contributed by atoms with Crippen molar-refractivity contribution in [2.24, 2.45) is 10.4 Å². The molecule has 0 aliphatic carbocycles. The summed E-state index contributed by atoms with van der Waals surface area (Å²) in [6.45, 7) is 8.78. The van der Waals surface area contributed by atoms with E-state index in [1.54, 1.807) is 0 Å². The van der Waals surface area contributed by atoms with E-state index in [2.05, 4.69) is 56.9 Å². The standard InChI is InChI=1S/C18H22N2/c1-5-17(18(2,3)4)20-15-11-9-14(10-12-15)16-8-6-7-13-19-16/h6-13H,5H2,1-4H3. The van der Waals surface area contributed by atoms with Gasteiger partial charge in [-0.3, -0.25) is 9.98 Å². The van der Waals surface area contributed by atoms with Crippen LogP contribution in [0.2, 0.25) is 0 Å². The third kappa shape index (κ3) is 3.53. The third-order valence-corrected chi connectivity index (χ3v) is 3.29. The van der Waals surface area contributed by atoms with Crippen LogP contribution >= 0.6 is 0 Å². The van der Waals surface area contributed by atoms with Crippen molar-refractivity contribution in [1.29, 1.82) is 0 Å². The lowest BCUT2D eigenvalue weighted by molar-refractivity contribution is 0.580. The Morgan fingerprint density at radius 3 is 2.25 bits per heavy atom. The number of benzene rings is 1. The van der Waals surface area contributed by atoms with Gasteiger partial charge < -0.3 is 0 Å². The molecule has 104 valence electrons. The van der Waals surface area contributed by atoms with Crippen molar-refractivity contribution in [2.75, 3.05) is 0 Å². The van der Waals surface area contributed by atoms with Crippen molar-refractivity contribution in [2.45, 2.75) is 34.1 Å². The second-order valence-corrected chi connectivity index (χ2v) is 5.92. The molecule has 0 aliphatic heterocycles. The van der Waals surface area contributed by atoms with E-state index >= 15 is 0 Å². The Labute approximate surface area is 121 Å². The summed E-state index contributed by atoms with van der Waals surface area (Å²) in [7, 11) is 0. The molecule has 2 aromatic rings. The van der Waals surface area contributed by atoms with Crippen LogP contribution in [-0.2, 0) is 0 Å². The molecule has 1 heterocycles. The van der Waals surface area contributed by atoms with Gasteiger partial charge >= 0.3 is 0 Å². The van der Waals surface area contributed by atoms with Crippen LogP contribution in [0, 0.1) is 5.41 Å². The second-order valence-electron chi connectivity index (χ2n) is 5.92. The molecule has 0 radical (unpaired) electrons. The number of rotatable bonds is 3. The fourth-order valence-electron chi connectivity index (χ4n) is 2.17. The van der Waals surface area contributed by atoms with Crippen LogP contribution in [-0.4, -0.2) is 10.7 Å². The van der Waals surface area contributed by atoms with Crippen LogP contribution in [0.1, 0.15) is 34.1 Å². The fraction of sp³-hybridized carbons (Fsp3) is 0.333. The second kappa shape index (κ2) is 6.00. The molecule has 0 amide bonds. The van der Waals surface area contributed by atoms with E-state index in [9.17, 15) is 0 Å². The molecule has 0 aliphatic rings. The van der Waals surface area contributed by atoms with Crippen molar-refractivity contribution >= 4 is 11.4 Å². The van der Waals surface area contributed by atoms with E-state index in [1.807, 2.05) is 24.4 Å². The van der Waals surface area contributed by atoms with Gasteiger partial charge in [0.1, 0.15) is 0 Å². The number of aromatic nitrogens is 1. The number of hydrogen-bond acceptors (Lipinski definition) is 2. The summed E-state index contributed by atoms with van der Waals surface area (Å²) in [6, 6.07) is 14.2. The summed E-state index contributed by atoms with van der Waals surface area (Å²) in [5.41, 5.74) is 4.47. The van der Waals surface area contributed by atoms with Gasteiger partial charge in [-0.2, -0.15) is 0 Å². The summed E-state index contributed by atoms with van der Waals surface area (Å²) in [6.07, 6.45) is 2.79. The van der Waals surface area contributed by atoms with Crippen LogP contribution < -0.4 is 0 Å². The van der Waals surface area contributed by atoms with Crippen LogP contribution in [0.4, 0.5) is 5.69 Å². The molecule has 2 heteroatoms. The molecule has 0 spiro atoms. The smallest absolute Gasteiger partial charge is 0.0701 e. The number of hydrogen-bond donors (Lipinski definition) is 0. The van der Waals surface area contributed by atoms with Crippen LogP contribution in [0.3, 0.4) is 0 Å². The zero-order valence-corrected chi connectivity index (χ0v) is 12.7. The van der Waals surface area contributed by atoms with Crippen molar-refractivity contribution in [3.8, 4) is 11.3 Å². The quantitative estimate of drug-likeness (QED) is 0.694. The van der Waals surface area contributed by atoms with E-state index < -0.39 is 0 Å². The van der Waals surface area contributed by atoms with Crippen molar-refractivity contribution in [3.63, 3.8) is 0 Å². The average molecular weight is 266 g/mol. The fourth-order valence-corrected chi connectivity index (χ4v) is 2.17. The van der Waals surface area contributed by atoms with Gasteiger partial charge in [0, 0.05) is 22.9 Å². The first-order valence-corrected chi connectivity index (χ1v) is 7.10. The first-order chi connectivity index (χ1) is 9.50. The lowest BCUT2D eigenvalue weighted by atomic mass is 9.88. The van der Waals surface area contributed by atoms with E-state index in [4.69, 9.17) is 4.99 Å². The molecule has 1 aromatic carbocycles. The highest BCUT2D eigenvalue weighted by Gasteiger charge is 2.16. The summed E-state index contributed by atoms with van der Waals surface area (Å²) in [5, 5.41) is 0. The van der Waals surface area contributed by atoms with E-state index in [1.165, 1.54) is 5.71 Å². The molecular formula is C18H22N2. The minimum absolute atomic E-state index is 0.119. The lowest BCUT2D eigenvalue weighted by Gasteiger charge is -2.20. The predicted molar refractivity (Wildman–Crippen MR) is 86.5 cm³/mol. The molecule has 0 saturated heterocycles. The molecule has 20 heavy (non-hydrogen) atoms. The first-order valence-electron chi connectivity index (χ1n) is 7.10. The Hall–Kier alpha value is -1.96. The Balaban J connectivity index is 2.27. The number of nitrogens with zero attached hydrogens (tertiary/aromatic N) is 2. The van der Waals surface area contributed by atoms with Crippen LogP contribution in [0.15, 0.2) is 53.7 Å². The molecule has 1 aromatic heterocycles. The van der Waals surface area contributed by atoms with Gasteiger partial charge in [-0.05, 0) is 30.7 Å². The minimum Gasteiger partial charge on any atom is -0.257 e. The maximum atomic E-state index is 4.78. The van der Waals surface area contributed by atoms with Gasteiger partial charge in [-0.25, -0.2) is 0 Å². The highest BCUT2D eigenvalue weighted by Crippen LogP contribution is 2.25. The summed E-state index contributed by atoms with van der Waals surface area (Å²) < 4.78 is 0. The Kier molecular flexibility index (Phi) is 4.33. The van der Waals surface area contributed by atoms with Crippen LogP contribution in [0.5, 0.6) is 0 Å². The monoisotopic (exact) mass is 266 g/mol. The molecule has 0 N–H and O–H groups in total. The molecule has 0 fully saturated rings. The maximum absolute atomic E-state index is 4.78. The molecule has 0 unspecified atom stereocenters. The predicted octanol–water partition coefficient (Wildman–Crippen LogP) is 5.28. The topological polar surface area (TPSA) is 25.2 Å². The minimum atomic E-state index is 0.119. The Bertz CT molecular complexity index is 575. The van der Waals surface area contributed by atoms with Gasteiger partial charge in [0.2, 0.25) is 0 Å². The van der Waals surface area contributed by atoms with Crippen LogP contribution in [0.25, 0.3) is 11.3 Å². The van der Waals surface area contributed by atoms with Gasteiger partial charge in [-0.15, -0.1) is 0 Å². The van der Waals surface area contributed by atoms with Gasteiger partial charge in [-0.1, -0.05) is 45.9 Å². The molecule has 0 atom stereocenters. The van der Waals surface area contributed by atoms with Crippen molar-refractivity contribution < 1.29 is 0 Å². The SMILES string of the molecule is CCC(=Nc1ccc(-c2ccccn2)cc1)C(C)(C)C. The first kappa shape index (κ1) is 14.4. The highest BCUT2D eigenvalue weighted by atomic mass is 14.8. The molecule has 2 nitrogen and oxygen atoms in total. The molecule has 0 bridgehead atoms.